The molecule has 0 bridgehead atoms. The molecule has 104 heavy (non-hydrogen) atoms. The normalized spacial score (nSPS) is 13.8. The van der Waals surface area contributed by atoms with E-state index < -0.39 is 13.4 Å². The fourth-order valence-corrected chi connectivity index (χ4v) is 17.0. The minimum atomic E-state index is -0.448. The third kappa shape index (κ3) is 10.4. The summed E-state index contributed by atoms with van der Waals surface area (Å²) in [7, 11) is 0. The van der Waals surface area contributed by atoms with E-state index in [0.717, 1.165) is 157 Å². The van der Waals surface area contributed by atoms with Crippen molar-refractivity contribution in [1.82, 2.24) is 0 Å². The number of hydrogen-bond donors (Lipinski definition) is 0. The van der Waals surface area contributed by atoms with E-state index in [2.05, 4.69) is 407 Å². The lowest BCUT2D eigenvalue weighted by molar-refractivity contribution is 0.616. The molecule has 16 aromatic rings. The average molecular weight is 1340 g/mol. The first-order chi connectivity index (χ1) is 51.5. The Bertz CT molecular complexity index is 5680. The Labute approximate surface area is 607 Å². The maximum Gasteiger partial charge on any atom is 0.297 e. The van der Waals surface area contributed by atoms with Crippen LogP contribution in [0.25, 0.3) is 44.2 Å². The highest BCUT2D eigenvalue weighted by atomic mass is 16.3. The highest BCUT2D eigenvalue weighted by molar-refractivity contribution is 7.00. The van der Waals surface area contributed by atoms with Crippen molar-refractivity contribution in [2.24, 2.45) is 0 Å². The molecule has 0 saturated carbocycles. The fourth-order valence-electron chi connectivity index (χ4n) is 17.0. The number of benzene rings is 14. The zero-order valence-electron chi connectivity index (χ0n) is 57.4. The number of fused-ring (bicyclic) bond motifs is 8. The second-order valence-corrected chi connectivity index (χ2v) is 27.1. The topological polar surface area (TPSA) is 45.7 Å². The van der Waals surface area contributed by atoms with Crippen LogP contribution in [0.15, 0.2) is 386 Å². The van der Waals surface area contributed by atoms with Gasteiger partial charge in [-0.05, 0) is 168 Å². The zero-order valence-corrected chi connectivity index (χ0v) is 57.4. The molecule has 2 aromatic heterocycles. The van der Waals surface area contributed by atoms with Gasteiger partial charge in [-0.3, -0.25) is 0 Å². The molecule has 3 aliphatic rings. The Balaban J connectivity index is 0.983. The Kier molecular flexibility index (Phi) is 15.5. The lowest BCUT2D eigenvalue weighted by Crippen LogP contribution is -2.64. The smallest absolute Gasteiger partial charge is 0.297 e. The Morgan fingerprint density at radius 3 is 1.38 bits per heavy atom. The maximum absolute atomic E-state index is 7.87. The Morgan fingerprint density at radius 1 is 0.394 bits per heavy atom. The first-order valence-corrected chi connectivity index (χ1v) is 35.9. The lowest BCUT2D eigenvalue weighted by Gasteiger charge is -2.48. The molecule has 1 unspecified atom stereocenters. The van der Waals surface area contributed by atoms with Gasteiger partial charge in [-0.1, -0.05) is 243 Å². The van der Waals surface area contributed by atoms with Gasteiger partial charge in [0, 0.05) is 103 Å². The molecule has 0 spiro atoms. The maximum atomic E-state index is 7.87. The van der Waals surface area contributed by atoms with Crippen molar-refractivity contribution in [1.29, 1.82) is 0 Å². The number of nitrogens with zero attached hydrogens (tertiary/aromatic N) is 6. The van der Waals surface area contributed by atoms with Gasteiger partial charge in [0.1, 0.15) is 11.2 Å². The van der Waals surface area contributed by atoms with E-state index in [4.69, 9.17) is 8.83 Å². The van der Waals surface area contributed by atoms with Crippen LogP contribution in [0.3, 0.4) is 0 Å². The van der Waals surface area contributed by atoms with Gasteiger partial charge in [0.05, 0.1) is 34.1 Å². The van der Waals surface area contributed by atoms with Crippen molar-refractivity contribution in [2.45, 2.75) is 18.8 Å². The van der Waals surface area contributed by atoms with Crippen LogP contribution in [0.1, 0.15) is 6.92 Å². The summed E-state index contributed by atoms with van der Waals surface area (Å²) in [6, 6.07) is 132. The van der Waals surface area contributed by atoms with E-state index in [-0.39, 0.29) is 11.9 Å². The number of rotatable bonds is 16. The van der Waals surface area contributed by atoms with Crippen molar-refractivity contribution in [3.8, 4) is 22.3 Å². The number of anilines is 15. The van der Waals surface area contributed by atoms with Crippen LogP contribution in [0.4, 0.5) is 85.3 Å². The SMILES string of the molecule is C=CN(c1ccccc1)c1c(B2c3cc4c(cc3N(c3c(-c5ccccc5)cccc3-c3ccccc3)CC2[C@H](C)N(c2ccccc2)c2ccccc2)N(c2ccccc2)c2cc(N(c3ccccc3)c3ccccc3)cc3c2B4c2oc4ccccc4c2N3c2ccccc2)oc2ccccc12. The van der Waals surface area contributed by atoms with E-state index in [1.807, 2.05) is 6.20 Å². The highest BCUT2D eigenvalue weighted by Gasteiger charge is 2.52. The predicted molar refractivity (Wildman–Crippen MR) is 437 cm³/mol. The molecule has 3 aliphatic heterocycles. The molecule has 0 aliphatic carbocycles. The van der Waals surface area contributed by atoms with Crippen molar-refractivity contribution in [2.75, 3.05) is 35.9 Å². The van der Waals surface area contributed by atoms with Crippen molar-refractivity contribution in [3.05, 3.63) is 377 Å². The first kappa shape index (κ1) is 61.9. The summed E-state index contributed by atoms with van der Waals surface area (Å²) in [6.07, 6.45) is 1.96. The number of hydrogen-bond acceptors (Lipinski definition) is 8. The molecule has 0 amide bonds. The summed E-state index contributed by atoms with van der Waals surface area (Å²) in [5.41, 5.74) is 26.7. The number of para-hydroxylation sites is 10. The lowest BCUT2D eigenvalue weighted by atomic mass is 9.30. The van der Waals surface area contributed by atoms with Crippen LogP contribution in [0.5, 0.6) is 0 Å². The third-order valence-corrected chi connectivity index (χ3v) is 21.4. The minimum Gasteiger partial charge on any atom is -0.469 e. The van der Waals surface area contributed by atoms with Gasteiger partial charge in [0.25, 0.3) is 13.4 Å². The summed E-state index contributed by atoms with van der Waals surface area (Å²) in [5.74, 6) is -0.238. The molecule has 5 heterocycles. The molecule has 19 rings (SSSR count). The van der Waals surface area contributed by atoms with Gasteiger partial charge in [-0.15, -0.1) is 0 Å². The highest BCUT2D eigenvalue weighted by Crippen LogP contribution is 2.53. The third-order valence-electron chi connectivity index (χ3n) is 21.4. The number of furan rings is 2. The van der Waals surface area contributed by atoms with Gasteiger partial charge in [-0.25, -0.2) is 0 Å². The summed E-state index contributed by atoms with van der Waals surface area (Å²) in [5, 5.41) is 2.02. The molecular formula is C94H70B2N6O2. The Morgan fingerprint density at radius 2 is 0.837 bits per heavy atom. The summed E-state index contributed by atoms with van der Waals surface area (Å²) >= 11 is 0. The van der Waals surface area contributed by atoms with E-state index in [0.29, 0.717) is 6.54 Å². The predicted octanol–water partition coefficient (Wildman–Crippen LogP) is 21.7. The quantitative estimate of drug-likeness (QED) is 0.0887. The molecule has 2 atom stereocenters. The van der Waals surface area contributed by atoms with Gasteiger partial charge in [-0.2, -0.15) is 0 Å². The van der Waals surface area contributed by atoms with E-state index in [1.165, 1.54) is 0 Å². The van der Waals surface area contributed by atoms with Gasteiger partial charge < -0.3 is 38.2 Å². The minimum absolute atomic E-state index is 0.213. The summed E-state index contributed by atoms with van der Waals surface area (Å²) in [4.78, 5) is 15.0. The van der Waals surface area contributed by atoms with E-state index in [9.17, 15) is 0 Å². The molecule has 0 saturated heterocycles. The van der Waals surface area contributed by atoms with Gasteiger partial charge in [0.15, 0.2) is 0 Å². The van der Waals surface area contributed by atoms with Gasteiger partial charge >= 0.3 is 0 Å². The van der Waals surface area contributed by atoms with E-state index in [1.54, 1.807) is 0 Å². The van der Waals surface area contributed by atoms with Crippen LogP contribution < -0.4 is 57.1 Å². The fraction of sp³-hybridized carbons (Fsp3) is 0.0426. The molecule has 494 valence electrons. The monoisotopic (exact) mass is 1340 g/mol. The largest absolute Gasteiger partial charge is 0.469 e. The molecule has 0 fully saturated rings. The van der Waals surface area contributed by atoms with Crippen LogP contribution in [-0.2, 0) is 0 Å². The summed E-state index contributed by atoms with van der Waals surface area (Å²) in [6.45, 7) is 6.74. The van der Waals surface area contributed by atoms with E-state index >= 15 is 0 Å². The van der Waals surface area contributed by atoms with Crippen LogP contribution in [0, 0.1) is 0 Å². The van der Waals surface area contributed by atoms with Crippen molar-refractivity contribution in [3.63, 3.8) is 0 Å². The molecule has 10 heteroatoms. The van der Waals surface area contributed by atoms with Crippen LogP contribution in [-0.4, -0.2) is 26.0 Å². The Hall–Kier alpha value is -13.2. The van der Waals surface area contributed by atoms with Crippen LogP contribution >= 0.6 is 0 Å². The molecule has 8 nitrogen and oxygen atoms in total. The standard InChI is InChI=1S/C94H70B2N6O2/c1-3-97(68-40-17-6-18-41-68)91-78-54-31-33-58-87(78)103-93(91)95-80-62-81-84(63-83(80)98(64-82(95)65(2)99(69-42-19-7-20-43-69)70-44-21-8-22-45-70)90-76(66-36-13-4-14-37-66)56-35-57-77(90)67-38-15-5-16-39-67)101(73-50-27-11-28-51-73)85-60-75(100(71-46-23-9-24-47-71)72-48-25-10-26-49-72)61-86-89(85)96(81)94-92(79-55-32-34-59-88(79)104-94)102(86)74-52-29-12-30-53-74/h3-63,65,82H,1,64H2,2H3/t65-,82?/m0/s1. The second-order valence-electron chi connectivity index (χ2n) is 27.1. The van der Waals surface area contributed by atoms with Crippen molar-refractivity contribution >= 4 is 148 Å². The second kappa shape index (κ2) is 26.1. The molecule has 14 aromatic carbocycles. The molecule has 0 N–H and O–H groups in total. The first-order valence-electron chi connectivity index (χ1n) is 35.9. The van der Waals surface area contributed by atoms with Crippen LogP contribution in [0.2, 0.25) is 5.82 Å². The van der Waals surface area contributed by atoms with Gasteiger partial charge in [0.2, 0.25) is 0 Å². The molecule has 0 radical (unpaired) electrons. The molecular weight excluding hydrogens is 1270 g/mol. The van der Waals surface area contributed by atoms with Crippen molar-refractivity contribution < 1.29 is 8.83 Å². The average Bonchev–Trinajstić information content (AvgIpc) is 1.16. The zero-order chi connectivity index (χ0) is 69.2. The summed E-state index contributed by atoms with van der Waals surface area (Å²) < 4.78 is 15.6.